The predicted molar refractivity (Wildman–Crippen MR) is 99.6 cm³/mol. The zero-order chi connectivity index (χ0) is 18.5. The van der Waals surface area contributed by atoms with Crippen LogP contribution in [0.2, 0.25) is 0 Å². The van der Waals surface area contributed by atoms with Crippen LogP contribution in [0.25, 0.3) is 0 Å². The molecule has 3 amide bonds. The molecule has 0 aliphatic heterocycles. The minimum atomic E-state index is -0.876. The molecule has 1 heterocycles. The van der Waals surface area contributed by atoms with E-state index >= 15 is 0 Å². The summed E-state index contributed by atoms with van der Waals surface area (Å²) in [6, 6.07) is 11.5. The Morgan fingerprint density at radius 3 is 2.50 bits per heavy atom. The Balaban J connectivity index is 1.56. The molecule has 2 aromatic rings. The lowest BCUT2D eigenvalue weighted by Crippen LogP contribution is -2.39. The molecule has 136 valence electrons. The van der Waals surface area contributed by atoms with E-state index in [2.05, 4.69) is 16.0 Å². The Morgan fingerprint density at radius 1 is 1.00 bits per heavy atom. The van der Waals surface area contributed by atoms with E-state index < -0.39 is 17.9 Å². The zero-order valence-electron chi connectivity index (χ0n) is 13.9. The van der Waals surface area contributed by atoms with E-state index in [0.29, 0.717) is 28.4 Å². The molecule has 3 rings (SSSR count). The summed E-state index contributed by atoms with van der Waals surface area (Å²) in [5, 5.41) is 17.9. The van der Waals surface area contributed by atoms with Crippen molar-refractivity contribution in [1.29, 1.82) is 0 Å². The second-order valence-corrected chi connectivity index (χ2v) is 7.15. The van der Waals surface area contributed by atoms with E-state index in [-0.39, 0.29) is 11.9 Å². The lowest BCUT2D eigenvalue weighted by atomic mass is 10.0. The van der Waals surface area contributed by atoms with Crippen LogP contribution in [0.1, 0.15) is 28.9 Å². The fraction of sp³-hybridized carbons (Fsp3) is 0.278. The van der Waals surface area contributed by atoms with Gasteiger partial charge in [0.2, 0.25) is 0 Å². The highest BCUT2D eigenvalue weighted by molar-refractivity contribution is 7.18. The van der Waals surface area contributed by atoms with Gasteiger partial charge in [-0.1, -0.05) is 24.6 Å². The summed E-state index contributed by atoms with van der Waals surface area (Å²) in [4.78, 5) is 35.9. The van der Waals surface area contributed by atoms with E-state index in [1.165, 1.54) is 0 Å². The van der Waals surface area contributed by atoms with E-state index in [4.69, 9.17) is 0 Å². The molecule has 1 fully saturated rings. The summed E-state index contributed by atoms with van der Waals surface area (Å²) in [5.41, 5.74) is 0.667. The van der Waals surface area contributed by atoms with Gasteiger partial charge in [0.15, 0.2) is 0 Å². The van der Waals surface area contributed by atoms with Gasteiger partial charge in [-0.05, 0) is 37.1 Å². The Kier molecular flexibility index (Phi) is 5.52. The lowest BCUT2D eigenvalue weighted by Gasteiger charge is -2.16. The third-order valence-electron chi connectivity index (χ3n) is 4.25. The number of aliphatic carboxylic acids is 1. The molecule has 1 saturated carbocycles. The number of carbonyl (C=O) groups excluding carboxylic acids is 2. The smallest absolute Gasteiger partial charge is 0.324 e. The molecule has 8 heteroatoms. The normalized spacial score (nSPS) is 18.9. The molecule has 2 atom stereocenters. The Hall–Kier alpha value is -2.87. The first kappa shape index (κ1) is 17.9. The van der Waals surface area contributed by atoms with E-state index in [1.807, 2.05) is 18.2 Å². The molecular formula is C18H19N3O4S. The molecule has 7 nitrogen and oxygen atoms in total. The van der Waals surface area contributed by atoms with Crippen LogP contribution in [-0.2, 0) is 4.79 Å². The number of hydrogen-bond acceptors (Lipinski definition) is 4. The van der Waals surface area contributed by atoms with Gasteiger partial charge in [-0.25, -0.2) is 4.79 Å². The van der Waals surface area contributed by atoms with E-state index in [0.717, 1.165) is 17.8 Å². The Bertz CT molecular complexity index is 806. The highest BCUT2D eigenvalue weighted by Gasteiger charge is 2.34. The zero-order valence-corrected chi connectivity index (χ0v) is 14.7. The third kappa shape index (κ3) is 4.40. The maximum Gasteiger partial charge on any atom is 0.324 e. The van der Waals surface area contributed by atoms with Crippen LogP contribution in [0, 0.1) is 5.92 Å². The molecule has 1 aromatic carbocycles. The van der Waals surface area contributed by atoms with Crippen LogP contribution in [0.3, 0.4) is 0 Å². The topological polar surface area (TPSA) is 108 Å². The first-order chi connectivity index (χ1) is 12.5. The molecular weight excluding hydrogens is 354 g/mol. The van der Waals surface area contributed by atoms with Crippen LogP contribution >= 0.6 is 11.3 Å². The monoisotopic (exact) mass is 373 g/mol. The molecule has 1 aromatic heterocycles. The van der Waals surface area contributed by atoms with Crippen molar-refractivity contribution < 1.29 is 19.5 Å². The van der Waals surface area contributed by atoms with Crippen molar-refractivity contribution in [3.8, 4) is 0 Å². The highest BCUT2D eigenvalue weighted by Crippen LogP contribution is 2.27. The van der Waals surface area contributed by atoms with Gasteiger partial charge < -0.3 is 15.7 Å². The summed E-state index contributed by atoms with van der Waals surface area (Å²) >= 11 is 1.14. The van der Waals surface area contributed by atoms with Gasteiger partial charge in [0, 0.05) is 11.7 Å². The first-order valence-electron chi connectivity index (χ1n) is 8.29. The van der Waals surface area contributed by atoms with Crippen LogP contribution < -0.4 is 16.0 Å². The standard InChI is InChI=1S/C18H19N3O4S/c22-16(20-13-8-4-7-12(13)17(23)24)14-9-10-15(26-14)21-18(25)19-11-5-2-1-3-6-11/h1-3,5-6,9-10,12-13H,4,7-8H2,(H,20,22)(H,23,24)(H2,19,21,25)/t12-,13+/m1/s1. The molecule has 1 aliphatic carbocycles. The fourth-order valence-corrected chi connectivity index (χ4v) is 3.80. The van der Waals surface area contributed by atoms with Crippen molar-refractivity contribution in [2.24, 2.45) is 5.92 Å². The van der Waals surface area contributed by atoms with Crippen molar-refractivity contribution in [2.45, 2.75) is 25.3 Å². The summed E-state index contributed by atoms with van der Waals surface area (Å²) < 4.78 is 0. The number of anilines is 2. The van der Waals surface area contributed by atoms with Gasteiger partial charge in [-0.3, -0.25) is 14.9 Å². The number of carbonyl (C=O) groups is 3. The van der Waals surface area contributed by atoms with E-state index in [1.54, 1.807) is 24.3 Å². The van der Waals surface area contributed by atoms with Crippen molar-refractivity contribution >= 4 is 39.9 Å². The van der Waals surface area contributed by atoms with Gasteiger partial charge in [-0.15, -0.1) is 11.3 Å². The van der Waals surface area contributed by atoms with Gasteiger partial charge in [-0.2, -0.15) is 0 Å². The second-order valence-electron chi connectivity index (χ2n) is 6.06. The summed E-state index contributed by atoms with van der Waals surface area (Å²) in [6.45, 7) is 0. The number of nitrogens with one attached hydrogen (secondary N) is 3. The second kappa shape index (κ2) is 8.01. The molecule has 0 unspecified atom stereocenters. The van der Waals surface area contributed by atoms with Crippen molar-refractivity contribution in [3.63, 3.8) is 0 Å². The van der Waals surface area contributed by atoms with Crippen LogP contribution in [0.15, 0.2) is 42.5 Å². The molecule has 1 aliphatic rings. The quantitative estimate of drug-likeness (QED) is 0.644. The number of amides is 3. The Labute approximate surface area is 154 Å². The number of para-hydroxylation sites is 1. The summed E-state index contributed by atoms with van der Waals surface area (Å²) in [6.07, 6.45) is 2.04. The highest BCUT2D eigenvalue weighted by atomic mass is 32.1. The number of benzene rings is 1. The number of thiophene rings is 1. The summed E-state index contributed by atoms with van der Waals surface area (Å²) in [5.74, 6) is -1.73. The predicted octanol–water partition coefficient (Wildman–Crippen LogP) is 3.38. The third-order valence-corrected chi connectivity index (χ3v) is 5.25. The van der Waals surface area contributed by atoms with Crippen LogP contribution in [-0.4, -0.2) is 29.1 Å². The van der Waals surface area contributed by atoms with Gasteiger partial charge >= 0.3 is 12.0 Å². The maximum absolute atomic E-state index is 12.3. The minimum Gasteiger partial charge on any atom is -0.481 e. The van der Waals surface area contributed by atoms with Crippen LogP contribution in [0.5, 0.6) is 0 Å². The minimum absolute atomic E-state index is 0.315. The summed E-state index contributed by atoms with van der Waals surface area (Å²) in [7, 11) is 0. The largest absolute Gasteiger partial charge is 0.481 e. The maximum atomic E-state index is 12.3. The average molecular weight is 373 g/mol. The van der Waals surface area contributed by atoms with Gasteiger partial charge in [0.05, 0.1) is 15.8 Å². The van der Waals surface area contributed by atoms with Crippen molar-refractivity contribution in [2.75, 3.05) is 10.6 Å². The molecule has 4 N–H and O–H groups in total. The van der Waals surface area contributed by atoms with E-state index in [9.17, 15) is 19.5 Å². The molecule has 0 bridgehead atoms. The van der Waals surface area contributed by atoms with Crippen LogP contribution in [0.4, 0.5) is 15.5 Å². The van der Waals surface area contributed by atoms with Gasteiger partial charge in [0.1, 0.15) is 0 Å². The number of hydrogen-bond donors (Lipinski definition) is 4. The van der Waals surface area contributed by atoms with Gasteiger partial charge in [0.25, 0.3) is 5.91 Å². The average Bonchev–Trinajstić information content (AvgIpc) is 3.25. The number of urea groups is 1. The molecule has 0 saturated heterocycles. The van der Waals surface area contributed by atoms with Crippen molar-refractivity contribution in [1.82, 2.24) is 5.32 Å². The molecule has 0 spiro atoms. The first-order valence-corrected chi connectivity index (χ1v) is 9.11. The SMILES string of the molecule is O=C(Nc1ccccc1)Nc1ccc(C(=O)N[C@H]2CCC[C@H]2C(=O)O)s1. The molecule has 26 heavy (non-hydrogen) atoms. The van der Waals surface area contributed by atoms with Crippen molar-refractivity contribution in [3.05, 3.63) is 47.3 Å². The number of rotatable bonds is 5. The number of carboxylic acid groups (broad SMARTS) is 1. The lowest BCUT2D eigenvalue weighted by molar-refractivity contribution is -0.142. The fourth-order valence-electron chi connectivity index (χ4n) is 2.99. The molecule has 0 radical (unpaired) electrons. The Morgan fingerprint density at radius 2 is 1.77 bits per heavy atom. The number of carboxylic acids is 1.